The van der Waals surface area contributed by atoms with E-state index in [4.69, 9.17) is 16.3 Å². The lowest BCUT2D eigenvalue weighted by Gasteiger charge is -2.31. The van der Waals surface area contributed by atoms with Crippen LogP contribution in [0.3, 0.4) is 0 Å². The highest BCUT2D eigenvalue weighted by molar-refractivity contribution is 6.30. The van der Waals surface area contributed by atoms with Crippen molar-refractivity contribution in [3.05, 3.63) is 28.3 Å². The van der Waals surface area contributed by atoms with Gasteiger partial charge in [0, 0.05) is 17.5 Å². The molecule has 0 saturated heterocycles. The molecule has 1 N–H and O–H groups in total. The van der Waals surface area contributed by atoms with E-state index in [1.165, 1.54) is 11.1 Å². The van der Waals surface area contributed by atoms with Crippen LogP contribution in [0.15, 0.2) is 12.1 Å². The molecule has 0 saturated carbocycles. The summed E-state index contributed by atoms with van der Waals surface area (Å²) in [6.07, 6.45) is 3.10. The molecule has 1 aliphatic rings. The number of hydrogen-bond donors (Lipinski definition) is 1. The second kappa shape index (κ2) is 6.36. The first-order valence-corrected chi connectivity index (χ1v) is 7.97. The quantitative estimate of drug-likeness (QED) is 0.877. The third kappa shape index (κ3) is 3.67. The first-order valence-electron chi connectivity index (χ1n) is 7.59. The molecule has 2 nitrogen and oxygen atoms in total. The van der Waals surface area contributed by atoms with Gasteiger partial charge in [-0.25, -0.2) is 0 Å². The molecule has 0 aliphatic carbocycles. The van der Waals surface area contributed by atoms with Gasteiger partial charge in [-0.2, -0.15) is 0 Å². The van der Waals surface area contributed by atoms with Crippen molar-refractivity contribution in [2.24, 2.45) is 5.41 Å². The molecule has 112 valence electrons. The molecule has 1 atom stereocenters. The molecular formula is C17H26ClNO. The summed E-state index contributed by atoms with van der Waals surface area (Å²) in [4.78, 5) is 0. The van der Waals surface area contributed by atoms with Crippen molar-refractivity contribution in [3.63, 3.8) is 0 Å². The number of halogens is 1. The molecule has 1 aliphatic heterocycles. The SMILES string of the molecule is CCNC(CCc1cc(Cl)cc2c1OCC2)C(C)(C)C. The van der Waals surface area contributed by atoms with E-state index in [-0.39, 0.29) is 5.41 Å². The Hall–Kier alpha value is -0.730. The number of hydrogen-bond acceptors (Lipinski definition) is 2. The average Bonchev–Trinajstić information content (AvgIpc) is 2.80. The summed E-state index contributed by atoms with van der Waals surface area (Å²) in [5.74, 6) is 1.08. The number of aryl methyl sites for hydroxylation is 1. The number of rotatable bonds is 5. The molecule has 1 aromatic rings. The van der Waals surface area contributed by atoms with Gasteiger partial charge in [-0.15, -0.1) is 0 Å². The highest BCUT2D eigenvalue weighted by atomic mass is 35.5. The summed E-state index contributed by atoms with van der Waals surface area (Å²) in [5, 5.41) is 4.43. The predicted molar refractivity (Wildman–Crippen MR) is 85.9 cm³/mol. The smallest absolute Gasteiger partial charge is 0.125 e. The summed E-state index contributed by atoms with van der Waals surface area (Å²) in [6, 6.07) is 4.61. The lowest BCUT2D eigenvalue weighted by Crippen LogP contribution is -2.40. The summed E-state index contributed by atoms with van der Waals surface area (Å²) < 4.78 is 5.78. The Morgan fingerprint density at radius 3 is 2.75 bits per heavy atom. The number of benzene rings is 1. The van der Waals surface area contributed by atoms with E-state index < -0.39 is 0 Å². The maximum atomic E-state index is 6.22. The lowest BCUT2D eigenvalue weighted by atomic mass is 9.83. The van der Waals surface area contributed by atoms with E-state index in [1.807, 2.05) is 6.07 Å². The summed E-state index contributed by atoms with van der Waals surface area (Å²) >= 11 is 6.22. The minimum absolute atomic E-state index is 0.263. The molecule has 0 aromatic heterocycles. The number of ether oxygens (including phenoxy) is 1. The maximum absolute atomic E-state index is 6.22. The van der Waals surface area contributed by atoms with Crippen molar-refractivity contribution in [2.45, 2.75) is 53.0 Å². The van der Waals surface area contributed by atoms with Gasteiger partial charge in [-0.3, -0.25) is 0 Å². The Morgan fingerprint density at radius 2 is 2.10 bits per heavy atom. The van der Waals surface area contributed by atoms with Crippen molar-refractivity contribution < 1.29 is 4.74 Å². The zero-order valence-electron chi connectivity index (χ0n) is 13.1. The van der Waals surface area contributed by atoms with Crippen molar-refractivity contribution in [1.82, 2.24) is 5.32 Å². The molecule has 0 bridgehead atoms. The van der Waals surface area contributed by atoms with Gasteiger partial charge >= 0.3 is 0 Å². The molecule has 20 heavy (non-hydrogen) atoms. The van der Waals surface area contributed by atoms with Gasteiger partial charge in [0.15, 0.2) is 0 Å². The van der Waals surface area contributed by atoms with Gasteiger partial charge in [0.05, 0.1) is 6.61 Å². The van der Waals surface area contributed by atoms with Crippen LogP contribution in [0.5, 0.6) is 5.75 Å². The van der Waals surface area contributed by atoms with Crippen molar-refractivity contribution >= 4 is 11.6 Å². The van der Waals surface area contributed by atoms with Crippen molar-refractivity contribution in [1.29, 1.82) is 0 Å². The van der Waals surface area contributed by atoms with Gasteiger partial charge in [0.1, 0.15) is 5.75 Å². The predicted octanol–water partition coefficient (Wildman–Crippen LogP) is 4.23. The molecule has 3 heteroatoms. The fraction of sp³-hybridized carbons (Fsp3) is 0.647. The second-order valence-electron chi connectivity index (χ2n) is 6.67. The van der Waals surface area contributed by atoms with Crippen LogP contribution in [-0.2, 0) is 12.8 Å². The Bertz CT molecular complexity index is 465. The highest BCUT2D eigenvalue weighted by Crippen LogP contribution is 2.34. The Balaban J connectivity index is 2.10. The van der Waals surface area contributed by atoms with Gasteiger partial charge in [0.25, 0.3) is 0 Å². The van der Waals surface area contributed by atoms with Crippen LogP contribution in [0, 0.1) is 5.41 Å². The maximum Gasteiger partial charge on any atom is 0.125 e. The normalized spacial score (nSPS) is 15.8. The van der Waals surface area contributed by atoms with Gasteiger partial charge in [-0.1, -0.05) is 39.3 Å². The number of fused-ring (bicyclic) bond motifs is 1. The summed E-state index contributed by atoms with van der Waals surface area (Å²) in [6.45, 7) is 10.8. The van der Waals surface area contributed by atoms with Crippen molar-refractivity contribution in [3.8, 4) is 5.75 Å². The zero-order valence-corrected chi connectivity index (χ0v) is 13.8. The topological polar surface area (TPSA) is 21.3 Å². The molecule has 0 spiro atoms. The van der Waals surface area contributed by atoms with Crippen LogP contribution >= 0.6 is 11.6 Å². The minimum atomic E-state index is 0.263. The largest absolute Gasteiger partial charge is 0.493 e. The van der Waals surface area contributed by atoms with Crippen LogP contribution < -0.4 is 10.1 Å². The molecule has 1 unspecified atom stereocenters. The molecule has 0 radical (unpaired) electrons. The molecule has 0 fully saturated rings. The fourth-order valence-corrected chi connectivity index (χ4v) is 3.18. The van der Waals surface area contributed by atoms with Crippen LogP contribution in [0.25, 0.3) is 0 Å². The third-order valence-corrected chi connectivity index (χ3v) is 4.24. The van der Waals surface area contributed by atoms with E-state index in [9.17, 15) is 0 Å². The average molecular weight is 296 g/mol. The van der Waals surface area contributed by atoms with Crippen molar-refractivity contribution in [2.75, 3.05) is 13.2 Å². The number of nitrogens with one attached hydrogen (secondary N) is 1. The molecule has 2 rings (SSSR count). The van der Waals surface area contributed by atoms with E-state index >= 15 is 0 Å². The Morgan fingerprint density at radius 1 is 1.35 bits per heavy atom. The van der Waals surface area contributed by atoms with E-state index in [0.717, 1.165) is 43.2 Å². The Kier molecular flexibility index (Phi) is 4.98. The lowest BCUT2D eigenvalue weighted by molar-refractivity contribution is 0.257. The fourth-order valence-electron chi connectivity index (χ4n) is 2.92. The van der Waals surface area contributed by atoms with E-state index in [2.05, 4.69) is 39.1 Å². The van der Waals surface area contributed by atoms with E-state index in [0.29, 0.717) is 6.04 Å². The van der Waals surface area contributed by atoms with Gasteiger partial charge < -0.3 is 10.1 Å². The van der Waals surface area contributed by atoms with Crippen LogP contribution in [0.2, 0.25) is 5.02 Å². The monoisotopic (exact) mass is 295 g/mol. The van der Waals surface area contributed by atoms with E-state index in [1.54, 1.807) is 0 Å². The molecular weight excluding hydrogens is 270 g/mol. The first kappa shape index (κ1) is 15.7. The molecule has 1 aromatic carbocycles. The van der Waals surface area contributed by atoms with Gasteiger partial charge in [0.2, 0.25) is 0 Å². The standard InChI is InChI=1S/C17H26ClNO/c1-5-19-15(17(2,3)4)7-6-12-10-14(18)11-13-8-9-20-16(12)13/h10-11,15,19H,5-9H2,1-4H3. The van der Waals surface area contributed by atoms with Crippen LogP contribution in [-0.4, -0.2) is 19.2 Å². The second-order valence-corrected chi connectivity index (χ2v) is 7.10. The Labute approximate surface area is 127 Å². The summed E-state index contributed by atoms with van der Waals surface area (Å²) in [7, 11) is 0. The minimum Gasteiger partial charge on any atom is -0.493 e. The van der Waals surface area contributed by atoms with Gasteiger partial charge in [-0.05, 0) is 48.1 Å². The highest BCUT2D eigenvalue weighted by Gasteiger charge is 2.25. The molecule has 0 amide bonds. The summed E-state index contributed by atoms with van der Waals surface area (Å²) in [5.41, 5.74) is 2.79. The molecule has 1 heterocycles. The van der Waals surface area contributed by atoms with Crippen LogP contribution in [0.4, 0.5) is 0 Å². The zero-order chi connectivity index (χ0) is 14.8. The third-order valence-electron chi connectivity index (χ3n) is 4.02. The van der Waals surface area contributed by atoms with Crippen LogP contribution in [0.1, 0.15) is 45.2 Å². The first-order chi connectivity index (χ1) is 9.41.